The quantitative estimate of drug-likeness (QED) is 0.721. The molecule has 5 atom stereocenters. The molecular weight excluding hydrogens is 390 g/mol. The van der Waals surface area contributed by atoms with Gasteiger partial charge in [-0.15, -0.1) is 0 Å². The normalized spacial score (nSPS) is 31.1. The maximum atomic E-state index is 13.1. The Morgan fingerprint density at radius 1 is 1.03 bits per heavy atom. The molecule has 2 aliphatic heterocycles. The van der Waals surface area contributed by atoms with Gasteiger partial charge in [0.1, 0.15) is 0 Å². The van der Waals surface area contributed by atoms with Crippen molar-refractivity contribution in [1.29, 1.82) is 0 Å². The summed E-state index contributed by atoms with van der Waals surface area (Å²) in [6, 6.07) is 16.3. The van der Waals surface area contributed by atoms with Crippen molar-refractivity contribution in [2.45, 2.75) is 43.0 Å². The van der Waals surface area contributed by atoms with E-state index >= 15 is 0 Å². The minimum atomic E-state index is -3.84. The van der Waals surface area contributed by atoms with Crippen molar-refractivity contribution in [2.24, 2.45) is 11.8 Å². The zero-order chi connectivity index (χ0) is 20.2. The predicted octanol–water partition coefficient (Wildman–Crippen LogP) is 3.03. The van der Waals surface area contributed by atoms with Gasteiger partial charge in [0.15, 0.2) is 6.23 Å². The molecule has 0 spiro atoms. The molecule has 1 saturated carbocycles. The Bertz CT molecular complexity index is 1020. The highest BCUT2D eigenvalue weighted by molar-refractivity contribution is 7.86. The molecule has 0 bridgehead atoms. The molecule has 3 aliphatic rings. The Labute approximate surface area is 170 Å². The number of carbonyl (C=O) groups is 1. The van der Waals surface area contributed by atoms with Gasteiger partial charge in [0.05, 0.1) is 23.6 Å². The molecule has 3 unspecified atom stereocenters. The monoisotopic (exact) mass is 413 g/mol. The van der Waals surface area contributed by atoms with Crippen LogP contribution in [0.1, 0.15) is 30.2 Å². The first-order chi connectivity index (χ1) is 13.9. The van der Waals surface area contributed by atoms with E-state index in [1.165, 1.54) is 0 Å². The Balaban J connectivity index is 1.31. The first-order valence-corrected chi connectivity index (χ1v) is 11.3. The second-order valence-electron chi connectivity index (χ2n) is 8.14. The standard InChI is InChI=1S/C22H23NO5S/c1-14-7-9-17(10-8-14)29(25,26)28-16-11-18-19(12-16)21(24)23-20(18)13-27-22(23)15-5-3-2-4-6-15/h2-10,16,18-20,22H,11-13H2,1H3/t16?,18-,19?,20?,22-/m0/s1. The lowest BCUT2D eigenvalue weighted by atomic mass is 9.94. The van der Waals surface area contributed by atoms with Crippen LogP contribution in [0, 0.1) is 18.8 Å². The lowest BCUT2D eigenvalue weighted by molar-refractivity contribution is -0.137. The molecule has 0 radical (unpaired) electrons. The van der Waals surface area contributed by atoms with E-state index in [-0.39, 0.29) is 34.9 Å². The van der Waals surface area contributed by atoms with E-state index in [4.69, 9.17) is 8.92 Å². The Kier molecular flexibility index (Phi) is 4.49. The number of aryl methyl sites for hydroxylation is 1. The minimum Gasteiger partial charge on any atom is -0.352 e. The van der Waals surface area contributed by atoms with Gasteiger partial charge in [-0.2, -0.15) is 8.42 Å². The largest absolute Gasteiger partial charge is 0.352 e. The number of nitrogens with zero attached hydrogens (tertiary/aromatic N) is 1. The average molecular weight is 413 g/mol. The van der Waals surface area contributed by atoms with Gasteiger partial charge < -0.3 is 9.64 Å². The number of rotatable bonds is 4. The van der Waals surface area contributed by atoms with Gasteiger partial charge in [-0.1, -0.05) is 48.0 Å². The highest BCUT2D eigenvalue weighted by Gasteiger charge is 2.58. The van der Waals surface area contributed by atoms with Crippen LogP contribution in [0.5, 0.6) is 0 Å². The molecule has 2 aromatic rings. The summed E-state index contributed by atoms with van der Waals surface area (Å²) in [4.78, 5) is 15.1. The van der Waals surface area contributed by atoms with E-state index in [2.05, 4.69) is 0 Å². The van der Waals surface area contributed by atoms with Crippen LogP contribution in [0.2, 0.25) is 0 Å². The van der Waals surface area contributed by atoms with Gasteiger partial charge in [-0.05, 0) is 37.8 Å². The Hall–Kier alpha value is -2.22. The number of amides is 1. The molecule has 2 heterocycles. The maximum Gasteiger partial charge on any atom is 0.297 e. The second-order valence-corrected chi connectivity index (χ2v) is 9.71. The molecule has 7 heteroatoms. The highest BCUT2D eigenvalue weighted by atomic mass is 32.2. The van der Waals surface area contributed by atoms with Gasteiger partial charge in [-0.3, -0.25) is 8.98 Å². The van der Waals surface area contributed by atoms with E-state index in [0.29, 0.717) is 19.4 Å². The van der Waals surface area contributed by atoms with Crippen LogP contribution in [0.25, 0.3) is 0 Å². The number of ether oxygens (including phenoxy) is 1. The first-order valence-electron chi connectivity index (χ1n) is 9.93. The fourth-order valence-electron chi connectivity index (χ4n) is 4.95. The molecule has 2 aromatic carbocycles. The lowest BCUT2D eigenvalue weighted by Crippen LogP contribution is -2.34. The predicted molar refractivity (Wildman–Crippen MR) is 105 cm³/mol. The van der Waals surface area contributed by atoms with E-state index in [1.807, 2.05) is 42.2 Å². The fourth-order valence-corrected chi connectivity index (χ4v) is 6.04. The number of fused-ring (bicyclic) bond motifs is 3. The third-order valence-corrected chi connectivity index (χ3v) is 7.70. The van der Waals surface area contributed by atoms with E-state index in [0.717, 1.165) is 11.1 Å². The third kappa shape index (κ3) is 3.17. The second kappa shape index (κ2) is 6.93. The number of hydrogen-bond donors (Lipinski definition) is 0. The van der Waals surface area contributed by atoms with Crippen LogP contribution in [0.4, 0.5) is 0 Å². The maximum absolute atomic E-state index is 13.1. The van der Waals surface area contributed by atoms with Crippen LogP contribution in [-0.2, 0) is 23.8 Å². The molecule has 152 valence electrons. The molecule has 5 rings (SSSR count). The average Bonchev–Trinajstić information content (AvgIpc) is 3.37. The summed E-state index contributed by atoms with van der Waals surface area (Å²) in [5.74, 6) is -0.0899. The Morgan fingerprint density at radius 2 is 1.76 bits per heavy atom. The molecule has 0 N–H and O–H groups in total. The zero-order valence-electron chi connectivity index (χ0n) is 16.1. The summed E-state index contributed by atoms with van der Waals surface area (Å²) in [5.41, 5.74) is 1.96. The molecule has 3 fully saturated rings. The summed E-state index contributed by atoms with van der Waals surface area (Å²) in [5, 5.41) is 0. The summed E-state index contributed by atoms with van der Waals surface area (Å²) in [7, 11) is -3.84. The van der Waals surface area contributed by atoms with Crippen LogP contribution in [-0.4, -0.2) is 38.0 Å². The van der Waals surface area contributed by atoms with Gasteiger partial charge in [-0.25, -0.2) is 0 Å². The molecule has 6 nitrogen and oxygen atoms in total. The molecule has 1 aliphatic carbocycles. The Morgan fingerprint density at radius 3 is 2.48 bits per heavy atom. The van der Waals surface area contributed by atoms with Crippen molar-refractivity contribution < 1.29 is 22.1 Å². The van der Waals surface area contributed by atoms with Crippen molar-refractivity contribution in [3.05, 3.63) is 65.7 Å². The number of hydrogen-bond acceptors (Lipinski definition) is 5. The SMILES string of the molecule is Cc1ccc(S(=O)(=O)OC2CC3C(=O)N4C(CO[C@H]4c4ccccc4)[C@H]3C2)cc1. The van der Waals surface area contributed by atoms with E-state index < -0.39 is 16.2 Å². The van der Waals surface area contributed by atoms with Crippen LogP contribution < -0.4 is 0 Å². The zero-order valence-corrected chi connectivity index (χ0v) is 16.9. The smallest absolute Gasteiger partial charge is 0.297 e. The van der Waals surface area contributed by atoms with Crippen LogP contribution >= 0.6 is 0 Å². The molecular formula is C22H23NO5S. The minimum absolute atomic E-state index is 0.0200. The van der Waals surface area contributed by atoms with E-state index in [9.17, 15) is 13.2 Å². The summed E-state index contributed by atoms with van der Waals surface area (Å²) >= 11 is 0. The number of benzene rings is 2. The van der Waals surface area contributed by atoms with Crippen LogP contribution in [0.3, 0.4) is 0 Å². The molecule has 29 heavy (non-hydrogen) atoms. The summed E-state index contributed by atoms with van der Waals surface area (Å²) in [6.45, 7) is 2.38. The van der Waals surface area contributed by atoms with Crippen molar-refractivity contribution in [3.8, 4) is 0 Å². The third-order valence-electron chi connectivity index (χ3n) is 6.33. The summed E-state index contributed by atoms with van der Waals surface area (Å²) in [6.07, 6.45) is 0.157. The van der Waals surface area contributed by atoms with Gasteiger partial charge in [0.2, 0.25) is 5.91 Å². The summed E-state index contributed by atoms with van der Waals surface area (Å²) < 4.78 is 36.7. The molecule has 2 saturated heterocycles. The van der Waals surface area contributed by atoms with Crippen molar-refractivity contribution in [2.75, 3.05) is 6.61 Å². The van der Waals surface area contributed by atoms with Crippen LogP contribution in [0.15, 0.2) is 59.5 Å². The first kappa shape index (κ1) is 18.8. The molecule has 0 aromatic heterocycles. The number of carbonyl (C=O) groups excluding carboxylic acids is 1. The van der Waals surface area contributed by atoms with Crippen molar-refractivity contribution in [1.82, 2.24) is 4.90 Å². The van der Waals surface area contributed by atoms with E-state index in [1.54, 1.807) is 24.3 Å². The van der Waals surface area contributed by atoms with Gasteiger partial charge >= 0.3 is 0 Å². The fraction of sp³-hybridized carbons (Fsp3) is 0.409. The van der Waals surface area contributed by atoms with Crippen molar-refractivity contribution >= 4 is 16.0 Å². The lowest BCUT2D eigenvalue weighted by Gasteiger charge is -2.25. The highest BCUT2D eigenvalue weighted by Crippen LogP contribution is 2.50. The van der Waals surface area contributed by atoms with Gasteiger partial charge in [0, 0.05) is 11.5 Å². The topological polar surface area (TPSA) is 72.9 Å². The van der Waals surface area contributed by atoms with Crippen molar-refractivity contribution in [3.63, 3.8) is 0 Å². The molecule has 1 amide bonds. The van der Waals surface area contributed by atoms with Gasteiger partial charge in [0.25, 0.3) is 10.1 Å².